The maximum Gasteiger partial charge on any atom is 0.335 e. The van der Waals surface area contributed by atoms with Crippen LogP contribution in [0.15, 0.2) is 36.4 Å². The van der Waals surface area contributed by atoms with Crippen molar-refractivity contribution in [3.05, 3.63) is 59.4 Å². The molecule has 0 saturated carbocycles. The number of imidazole rings is 1. The van der Waals surface area contributed by atoms with Crippen LogP contribution in [0.4, 0.5) is 8.78 Å². The number of hydrogen-bond donors (Lipinski definition) is 1. The summed E-state index contributed by atoms with van der Waals surface area (Å²) in [6.45, 7) is 1.71. The minimum absolute atomic E-state index is 0.103. The minimum atomic E-state index is -1.06. The van der Waals surface area contributed by atoms with Gasteiger partial charge in [0, 0.05) is 6.07 Å². The quantitative estimate of drug-likeness (QED) is 0.787. The third kappa shape index (κ3) is 2.14. The molecule has 4 nitrogen and oxygen atoms in total. The molecule has 0 aliphatic rings. The number of carbonyl (C=O) groups is 1. The summed E-state index contributed by atoms with van der Waals surface area (Å²) in [6.07, 6.45) is 0. The Kier molecular flexibility index (Phi) is 2.94. The number of rotatable bonds is 2. The van der Waals surface area contributed by atoms with Crippen molar-refractivity contribution in [2.45, 2.75) is 6.92 Å². The SMILES string of the molecule is Cc1nc2ccc(C(=O)O)cc2n1-c1ccc(F)c(F)c1. The van der Waals surface area contributed by atoms with E-state index in [1.165, 1.54) is 18.2 Å². The second kappa shape index (κ2) is 4.66. The summed E-state index contributed by atoms with van der Waals surface area (Å²) in [5.41, 5.74) is 1.60. The number of benzene rings is 2. The number of carboxylic acid groups (broad SMARTS) is 1. The Morgan fingerprint density at radius 1 is 1.14 bits per heavy atom. The molecular formula is C15H10F2N2O2. The zero-order chi connectivity index (χ0) is 15.1. The highest BCUT2D eigenvalue weighted by Crippen LogP contribution is 2.23. The molecule has 0 fully saturated rings. The topological polar surface area (TPSA) is 55.1 Å². The molecule has 0 bridgehead atoms. The first kappa shape index (κ1) is 13.2. The van der Waals surface area contributed by atoms with Crippen LogP contribution in [-0.2, 0) is 0 Å². The lowest BCUT2D eigenvalue weighted by Gasteiger charge is -2.07. The standard InChI is InChI=1S/C15H10F2N2O2/c1-8-18-13-5-2-9(15(20)21)6-14(13)19(8)10-3-4-11(16)12(17)7-10/h2-7H,1H3,(H,20,21). The summed E-state index contributed by atoms with van der Waals surface area (Å²) in [5, 5.41) is 9.05. The van der Waals surface area contributed by atoms with Gasteiger partial charge in [0.1, 0.15) is 5.82 Å². The first-order valence-electron chi connectivity index (χ1n) is 6.15. The van der Waals surface area contributed by atoms with Gasteiger partial charge in [-0.3, -0.25) is 4.57 Å². The summed E-state index contributed by atoms with van der Waals surface area (Å²) >= 11 is 0. The zero-order valence-electron chi connectivity index (χ0n) is 11.0. The van der Waals surface area contributed by atoms with Crippen LogP contribution in [0.2, 0.25) is 0 Å². The third-order valence-electron chi connectivity index (χ3n) is 3.23. The summed E-state index contributed by atoms with van der Waals surface area (Å²) in [7, 11) is 0. The lowest BCUT2D eigenvalue weighted by atomic mass is 10.2. The Morgan fingerprint density at radius 2 is 1.90 bits per heavy atom. The van der Waals surface area contributed by atoms with Gasteiger partial charge in [0.25, 0.3) is 0 Å². The van der Waals surface area contributed by atoms with E-state index >= 15 is 0 Å². The third-order valence-corrected chi connectivity index (χ3v) is 3.23. The van der Waals surface area contributed by atoms with Crippen molar-refractivity contribution in [3.63, 3.8) is 0 Å². The number of halogens is 2. The fourth-order valence-corrected chi connectivity index (χ4v) is 2.28. The van der Waals surface area contributed by atoms with Gasteiger partial charge in [0.15, 0.2) is 11.6 Å². The van der Waals surface area contributed by atoms with Gasteiger partial charge in [-0.2, -0.15) is 0 Å². The Hall–Kier alpha value is -2.76. The predicted molar refractivity (Wildman–Crippen MR) is 72.7 cm³/mol. The van der Waals surface area contributed by atoms with Crippen LogP contribution in [0, 0.1) is 18.6 Å². The number of aromatic nitrogens is 2. The summed E-state index contributed by atoms with van der Waals surface area (Å²) < 4.78 is 28.0. The second-order valence-electron chi connectivity index (χ2n) is 4.60. The molecule has 1 aromatic heterocycles. The molecule has 0 saturated heterocycles. The number of aromatic carboxylic acids is 1. The van der Waals surface area contributed by atoms with Gasteiger partial charge in [-0.15, -0.1) is 0 Å². The zero-order valence-corrected chi connectivity index (χ0v) is 11.0. The van der Waals surface area contributed by atoms with Gasteiger partial charge >= 0.3 is 5.97 Å². The van der Waals surface area contributed by atoms with Crippen molar-refractivity contribution < 1.29 is 18.7 Å². The monoisotopic (exact) mass is 288 g/mol. The molecule has 2 aromatic carbocycles. The first-order chi connectivity index (χ1) is 9.97. The van der Waals surface area contributed by atoms with Gasteiger partial charge in [-0.1, -0.05) is 0 Å². The first-order valence-corrected chi connectivity index (χ1v) is 6.15. The molecule has 3 aromatic rings. The Morgan fingerprint density at radius 3 is 2.57 bits per heavy atom. The number of carboxylic acids is 1. The summed E-state index contributed by atoms with van der Waals surface area (Å²) in [6, 6.07) is 7.99. The van der Waals surface area contributed by atoms with Crippen LogP contribution in [0.25, 0.3) is 16.7 Å². The van der Waals surface area contributed by atoms with E-state index in [4.69, 9.17) is 5.11 Å². The molecule has 0 aliphatic carbocycles. The van der Waals surface area contributed by atoms with Gasteiger partial charge in [0.05, 0.1) is 22.3 Å². The van der Waals surface area contributed by atoms with E-state index in [9.17, 15) is 13.6 Å². The minimum Gasteiger partial charge on any atom is -0.478 e. The van der Waals surface area contributed by atoms with Crippen LogP contribution in [0.3, 0.4) is 0 Å². The highest BCUT2D eigenvalue weighted by Gasteiger charge is 2.13. The molecule has 6 heteroatoms. The van der Waals surface area contributed by atoms with Crippen molar-refractivity contribution in [1.82, 2.24) is 9.55 Å². The molecule has 0 radical (unpaired) electrons. The molecule has 0 spiro atoms. The highest BCUT2D eigenvalue weighted by atomic mass is 19.2. The van der Waals surface area contributed by atoms with Crippen LogP contribution < -0.4 is 0 Å². The van der Waals surface area contributed by atoms with Crippen LogP contribution in [-0.4, -0.2) is 20.6 Å². The molecule has 0 unspecified atom stereocenters. The fraction of sp³-hybridized carbons (Fsp3) is 0.0667. The van der Waals surface area contributed by atoms with Crippen molar-refractivity contribution in [2.24, 2.45) is 0 Å². The number of hydrogen-bond acceptors (Lipinski definition) is 2. The Balaban J connectivity index is 2.29. The smallest absolute Gasteiger partial charge is 0.335 e. The summed E-state index contributed by atoms with van der Waals surface area (Å²) in [4.78, 5) is 15.4. The lowest BCUT2D eigenvalue weighted by Crippen LogP contribution is -2.00. The molecule has 106 valence electrons. The number of aryl methyl sites for hydroxylation is 1. The van der Waals surface area contributed by atoms with E-state index in [0.29, 0.717) is 22.5 Å². The van der Waals surface area contributed by atoms with Crippen molar-refractivity contribution in [1.29, 1.82) is 0 Å². The normalized spacial score (nSPS) is 11.0. The molecule has 0 amide bonds. The largest absolute Gasteiger partial charge is 0.478 e. The Labute approximate surface area is 118 Å². The molecule has 1 N–H and O–H groups in total. The average Bonchev–Trinajstić information content (AvgIpc) is 2.77. The van der Waals surface area contributed by atoms with Gasteiger partial charge in [-0.25, -0.2) is 18.6 Å². The van der Waals surface area contributed by atoms with E-state index in [-0.39, 0.29) is 5.56 Å². The van der Waals surface area contributed by atoms with Crippen LogP contribution >= 0.6 is 0 Å². The van der Waals surface area contributed by atoms with Crippen molar-refractivity contribution >= 4 is 17.0 Å². The van der Waals surface area contributed by atoms with E-state index in [2.05, 4.69) is 4.98 Å². The van der Waals surface area contributed by atoms with E-state index in [1.54, 1.807) is 17.6 Å². The number of fused-ring (bicyclic) bond motifs is 1. The van der Waals surface area contributed by atoms with Crippen LogP contribution in [0.5, 0.6) is 0 Å². The molecule has 0 aliphatic heterocycles. The van der Waals surface area contributed by atoms with Crippen LogP contribution in [0.1, 0.15) is 16.2 Å². The van der Waals surface area contributed by atoms with Crippen molar-refractivity contribution in [3.8, 4) is 5.69 Å². The summed E-state index contributed by atoms with van der Waals surface area (Å²) in [5.74, 6) is -2.42. The number of nitrogens with zero attached hydrogens (tertiary/aromatic N) is 2. The molecular weight excluding hydrogens is 278 g/mol. The van der Waals surface area contributed by atoms with Gasteiger partial charge < -0.3 is 5.11 Å². The van der Waals surface area contributed by atoms with E-state index in [1.807, 2.05) is 0 Å². The Bertz CT molecular complexity index is 871. The van der Waals surface area contributed by atoms with E-state index < -0.39 is 17.6 Å². The van der Waals surface area contributed by atoms with E-state index in [0.717, 1.165) is 12.1 Å². The van der Waals surface area contributed by atoms with Crippen molar-refractivity contribution in [2.75, 3.05) is 0 Å². The fourth-order valence-electron chi connectivity index (χ4n) is 2.28. The molecule has 0 atom stereocenters. The molecule has 1 heterocycles. The maximum absolute atomic E-state index is 13.4. The van der Waals surface area contributed by atoms with Gasteiger partial charge in [-0.05, 0) is 37.3 Å². The highest BCUT2D eigenvalue weighted by molar-refractivity contribution is 5.93. The lowest BCUT2D eigenvalue weighted by molar-refractivity contribution is 0.0697. The van der Waals surface area contributed by atoms with Gasteiger partial charge in [0.2, 0.25) is 0 Å². The molecule has 3 rings (SSSR count). The second-order valence-corrected chi connectivity index (χ2v) is 4.60. The molecule has 21 heavy (non-hydrogen) atoms. The average molecular weight is 288 g/mol. The predicted octanol–water partition coefficient (Wildman–Crippen LogP) is 3.31. The maximum atomic E-state index is 13.4.